The minimum atomic E-state index is -0.887. The lowest BCUT2D eigenvalue weighted by Crippen LogP contribution is -2.05. The lowest BCUT2D eigenvalue weighted by atomic mass is 10.2. The first-order valence-electron chi connectivity index (χ1n) is 9.00. The third-order valence-electron chi connectivity index (χ3n) is 3.23. The van der Waals surface area contributed by atoms with Gasteiger partial charge in [-0.1, -0.05) is 79.8 Å². The molecule has 3 nitrogen and oxygen atoms in total. The molecule has 0 aliphatic heterocycles. The highest BCUT2D eigenvalue weighted by Crippen LogP contribution is 1.99. The van der Waals surface area contributed by atoms with Crippen LogP contribution >= 0.6 is 0 Å². The molecule has 0 saturated carbocycles. The fourth-order valence-electron chi connectivity index (χ4n) is 1.87. The molecule has 3 heteroatoms. The largest absolute Gasteiger partial charge is 0.481 e. The van der Waals surface area contributed by atoms with Crippen LogP contribution in [0.1, 0.15) is 51.9 Å². The molecular weight excluding hydrogens is 312 g/mol. The Morgan fingerprint density at radius 3 is 1.76 bits per heavy atom. The summed E-state index contributed by atoms with van der Waals surface area (Å²) in [5.74, 6) is -0.887. The van der Waals surface area contributed by atoms with Gasteiger partial charge in [0.25, 0.3) is 0 Å². The first-order valence-corrected chi connectivity index (χ1v) is 9.00. The highest BCUT2D eigenvalue weighted by Gasteiger charge is 2.02. The molecule has 0 heterocycles. The van der Waals surface area contributed by atoms with E-state index in [2.05, 4.69) is 55.5 Å². The maximum atomic E-state index is 10.4. The lowest BCUT2D eigenvalue weighted by Gasteiger charge is -2.00. The molecule has 0 saturated heterocycles. The van der Waals surface area contributed by atoms with Crippen molar-refractivity contribution in [2.75, 3.05) is 0 Å². The molecule has 0 amide bonds. The fraction of sp³-hybridized carbons (Fsp3) is 0.409. The minimum Gasteiger partial charge on any atom is -0.481 e. The molecule has 0 radical (unpaired) electrons. The summed E-state index contributed by atoms with van der Waals surface area (Å²) in [5, 5.41) is 18.0. The number of hydrogen-bond donors (Lipinski definition) is 2. The molecule has 0 aromatic carbocycles. The van der Waals surface area contributed by atoms with Crippen molar-refractivity contribution >= 4 is 5.97 Å². The molecule has 0 spiro atoms. The predicted molar refractivity (Wildman–Crippen MR) is 106 cm³/mol. The lowest BCUT2D eigenvalue weighted by molar-refractivity contribution is -0.137. The van der Waals surface area contributed by atoms with E-state index in [-0.39, 0.29) is 12.8 Å². The van der Waals surface area contributed by atoms with Gasteiger partial charge in [0, 0.05) is 6.42 Å². The maximum absolute atomic E-state index is 10.4. The summed E-state index contributed by atoms with van der Waals surface area (Å²) in [5.41, 5.74) is 0. The van der Waals surface area contributed by atoms with E-state index < -0.39 is 12.1 Å². The molecule has 1 unspecified atom stereocenters. The van der Waals surface area contributed by atoms with E-state index in [0.717, 1.165) is 32.1 Å². The zero-order chi connectivity index (χ0) is 18.6. The molecule has 1 atom stereocenters. The second-order valence-electron chi connectivity index (χ2n) is 5.55. The van der Waals surface area contributed by atoms with Gasteiger partial charge in [-0.2, -0.15) is 0 Å². The second-order valence-corrected chi connectivity index (χ2v) is 5.55. The monoisotopic (exact) mass is 344 g/mol. The van der Waals surface area contributed by atoms with Crippen LogP contribution in [-0.2, 0) is 4.79 Å². The summed E-state index contributed by atoms with van der Waals surface area (Å²) in [7, 11) is 0. The molecule has 0 bridgehead atoms. The smallest absolute Gasteiger partial charge is 0.303 e. The van der Waals surface area contributed by atoms with Gasteiger partial charge in [0.15, 0.2) is 0 Å². The van der Waals surface area contributed by atoms with E-state index in [0.29, 0.717) is 0 Å². The van der Waals surface area contributed by atoms with Crippen molar-refractivity contribution in [3.05, 3.63) is 72.9 Å². The van der Waals surface area contributed by atoms with Crippen LogP contribution in [0.4, 0.5) is 0 Å². The number of aliphatic hydroxyl groups is 1. The van der Waals surface area contributed by atoms with Crippen molar-refractivity contribution in [1.82, 2.24) is 0 Å². The Kier molecular flexibility index (Phi) is 16.7. The third-order valence-corrected chi connectivity index (χ3v) is 3.23. The first kappa shape index (κ1) is 22.9. The number of carbonyl (C=O) groups is 1. The van der Waals surface area contributed by atoms with Crippen LogP contribution in [0.25, 0.3) is 0 Å². The predicted octanol–water partition coefficient (Wildman–Crippen LogP) is 5.52. The topological polar surface area (TPSA) is 57.5 Å². The Hall–Kier alpha value is -2.13. The van der Waals surface area contributed by atoms with Crippen LogP contribution < -0.4 is 0 Å². The normalized spacial score (nSPS) is 14.3. The minimum absolute atomic E-state index is 0.0167. The second kappa shape index (κ2) is 18.2. The molecule has 138 valence electrons. The summed E-state index contributed by atoms with van der Waals surface area (Å²) in [6.45, 7) is 2.14. The molecule has 0 aliphatic carbocycles. The highest BCUT2D eigenvalue weighted by molar-refractivity contribution is 5.66. The Morgan fingerprint density at radius 1 is 0.800 bits per heavy atom. The van der Waals surface area contributed by atoms with Gasteiger partial charge in [-0.15, -0.1) is 0 Å². The number of allylic oxidation sites excluding steroid dienone is 11. The molecule has 2 N–H and O–H groups in total. The van der Waals surface area contributed by atoms with E-state index >= 15 is 0 Å². The average Bonchev–Trinajstić information content (AvgIpc) is 2.59. The molecule has 0 aromatic rings. The summed E-state index contributed by atoms with van der Waals surface area (Å²) in [4.78, 5) is 10.4. The van der Waals surface area contributed by atoms with Crippen molar-refractivity contribution in [2.45, 2.75) is 58.0 Å². The van der Waals surface area contributed by atoms with Crippen molar-refractivity contribution in [3.63, 3.8) is 0 Å². The van der Waals surface area contributed by atoms with Gasteiger partial charge in [-0.3, -0.25) is 4.79 Å². The number of rotatable bonds is 14. The molecule has 25 heavy (non-hydrogen) atoms. The fourth-order valence-corrected chi connectivity index (χ4v) is 1.87. The van der Waals surface area contributed by atoms with E-state index in [1.54, 1.807) is 12.2 Å². The van der Waals surface area contributed by atoms with E-state index in [1.807, 2.05) is 12.2 Å². The summed E-state index contributed by atoms with van der Waals surface area (Å²) in [6.07, 6.45) is 28.9. The van der Waals surface area contributed by atoms with Crippen molar-refractivity contribution in [1.29, 1.82) is 0 Å². The molecular formula is C22H32O3. The summed E-state index contributed by atoms with van der Waals surface area (Å²) < 4.78 is 0. The number of aliphatic carboxylic acids is 1. The highest BCUT2D eigenvalue weighted by atomic mass is 16.4. The van der Waals surface area contributed by atoms with Gasteiger partial charge in [0.05, 0.1) is 6.10 Å². The Morgan fingerprint density at radius 2 is 1.28 bits per heavy atom. The standard InChI is InChI=1S/C22H32O3/c1-2-3-4-5-6-7-8-9-10-11-12-13-14-15-16-17-18-21(23)19-20-22(24)25/h3-4,6-7,9-10,12-13,15-18,21,23H,2,5,8,11,14,19-20H2,1H3,(H,24,25)/b4-3-,7-6-,10-9-,13-12+,16-15-,18-17+. The number of aliphatic hydroxyl groups excluding tert-OH is 1. The van der Waals surface area contributed by atoms with Crippen LogP contribution in [0.15, 0.2) is 72.9 Å². The van der Waals surface area contributed by atoms with Gasteiger partial charge in [0.1, 0.15) is 0 Å². The van der Waals surface area contributed by atoms with E-state index in [4.69, 9.17) is 5.11 Å². The number of carboxylic acids is 1. The number of carboxylic acid groups (broad SMARTS) is 1. The Balaban J connectivity index is 3.66. The summed E-state index contributed by atoms with van der Waals surface area (Å²) in [6, 6.07) is 0. The average molecular weight is 344 g/mol. The third kappa shape index (κ3) is 19.8. The van der Waals surface area contributed by atoms with Crippen LogP contribution in [-0.4, -0.2) is 22.3 Å². The molecule has 0 fully saturated rings. The number of hydrogen-bond acceptors (Lipinski definition) is 2. The Labute approximate surface area is 152 Å². The van der Waals surface area contributed by atoms with Crippen molar-refractivity contribution in [3.8, 4) is 0 Å². The van der Waals surface area contributed by atoms with Crippen LogP contribution in [0, 0.1) is 0 Å². The SMILES string of the molecule is CC/C=C\C/C=C\C/C=C\C/C=C/C/C=C\C=C\C(O)CCC(=O)O. The quantitative estimate of drug-likeness (QED) is 0.322. The van der Waals surface area contributed by atoms with Gasteiger partial charge in [-0.05, 0) is 38.5 Å². The van der Waals surface area contributed by atoms with Crippen LogP contribution in [0.2, 0.25) is 0 Å². The van der Waals surface area contributed by atoms with Gasteiger partial charge < -0.3 is 10.2 Å². The summed E-state index contributed by atoms with van der Waals surface area (Å²) >= 11 is 0. The zero-order valence-corrected chi connectivity index (χ0v) is 15.3. The molecule has 0 rings (SSSR count). The van der Waals surface area contributed by atoms with Gasteiger partial charge in [-0.25, -0.2) is 0 Å². The Bertz CT molecular complexity index is 493. The van der Waals surface area contributed by atoms with Crippen molar-refractivity contribution in [2.24, 2.45) is 0 Å². The molecule has 0 aliphatic rings. The zero-order valence-electron chi connectivity index (χ0n) is 15.3. The van der Waals surface area contributed by atoms with Crippen LogP contribution in [0.5, 0.6) is 0 Å². The first-order chi connectivity index (χ1) is 12.2. The van der Waals surface area contributed by atoms with Gasteiger partial charge in [0.2, 0.25) is 0 Å². The van der Waals surface area contributed by atoms with Crippen molar-refractivity contribution < 1.29 is 15.0 Å². The molecule has 0 aromatic heterocycles. The van der Waals surface area contributed by atoms with E-state index in [9.17, 15) is 9.90 Å². The maximum Gasteiger partial charge on any atom is 0.303 e. The van der Waals surface area contributed by atoms with Crippen LogP contribution in [0.3, 0.4) is 0 Å². The van der Waals surface area contributed by atoms with E-state index in [1.165, 1.54) is 0 Å². The van der Waals surface area contributed by atoms with Gasteiger partial charge >= 0.3 is 5.97 Å².